The Kier molecular flexibility index (Phi) is 6.50. The molecule has 0 unspecified atom stereocenters. The van der Waals surface area contributed by atoms with Crippen molar-refractivity contribution in [3.05, 3.63) is 96.1 Å². The van der Waals surface area contributed by atoms with Crippen LogP contribution in [-0.4, -0.2) is 13.2 Å². The van der Waals surface area contributed by atoms with Crippen molar-refractivity contribution in [3.8, 4) is 11.5 Å². The number of para-hydroxylation sites is 2. The number of methoxy groups -OCH3 is 1. The maximum atomic E-state index is 6.55. The van der Waals surface area contributed by atoms with E-state index in [0.29, 0.717) is 6.04 Å². The van der Waals surface area contributed by atoms with Crippen LogP contribution in [0.4, 0.5) is 0 Å². The van der Waals surface area contributed by atoms with E-state index in [4.69, 9.17) is 9.47 Å². The Balaban J connectivity index is 2.04. The molecule has 27 heavy (non-hydrogen) atoms. The summed E-state index contributed by atoms with van der Waals surface area (Å²) in [6.45, 7) is 4.31. The van der Waals surface area contributed by atoms with Gasteiger partial charge in [-0.25, -0.2) is 0 Å². The van der Waals surface area contributed by atoms with E-state index < -0.39 is 0 Å². The fourth-order valence-electron chi connectivity index (χ4n) is 3.20. The Hall–Kier alpha value is -2.78. The van der Waals surface area contributed by atoms with Gasteiger partial charge in [0.1, 0.15) is 6.10 Å². The number of benzene rings is 3. The number of nitrogens with one attached hydrogen (secondary N) is 1. The summed E-state index contributed by atoms with van der Waals surface area (Å²) in [7, 11) is 1.67. The summed E-state index contributed by atoms with van der Waals surface area (Å²) in [5.74, 6) is 1.47. The molecule has 0 fully saturated rings. The van der Waals surface area contributed by atoms with E-state index in [1.54, 1.807) is 7.11 Å². The molecule has 0 aromatic heterocycles. The number of hydrogen-bond acceptors (Lipinski definition) is 3. The molecule has 2 atom stereocenters. The first-order valence-electron chi connectivity index (χ1n) is 9.34. The van der Waals surface area contributed by atoms with Gasteiger partial charge in [0, 0.05) is 6.04 Å². The van der Waals surface area contributed by atoms with Gasteiger partial charge in [0.25, 0.3) is 0 Å². The summed E-state index contributed by atoms with van der Waals surface area (Å²) >= 11 is 0. The zero-order valence-electron chi connectivity index (χ0n) is 16.1. The second-order valence-corrected chi connectivity index (χ2v) is 6.81. The molecule has 3 nitrogen and oxygen atoms in total. The molecule has 3 rings (SSSR count). The molecule has 0 saturated carbocycles. The minimum Gasteiger partial charge on any atom is -0.493 e. The molecule has 3 aromatic carbocycles. The number of hydrogen-bond donors (Lipinski definition) is 1. The highest BCUT2D eigenvalue weighted by atomic mass is 16.5. The Morgan fingerprint density at radius 2 is 1.19 bits per heavy atom. The molecular formula is C24H27NO2. The van der Waals surface area contributed by atoms with Gasteiger partial charge in [-0.05, 0) is 23.3 Å². The molecule has 0 radical (unpaired) electrons. The summed E-state index contributed by atoms with van der Waals surface area (Å²) in [5, 5.41) is 3.69. The lowest BCUT2D eigenvalue weighted by Crippen LogP contribution is -2.34. The highest BCUT2D eigenvalue weighted by Crippen LogP contribution is 2.37. The second-order valence-electron chi connectivity index (χ2n) is 6.81. The van der Waals surface area contributed by atoms with E-state index in [1.807, 2.05) is 48.5 Å². The van der Waals surface area contributed by atoms with E-state index in [9.17, 15) is 0 Å². The van der Waals surface area contributed by atoms with Crippen LogP contribution in [0, 0.1) is 0 Å². The average molecular weight is 361 g/mol. The molecule has 0 aliphatic carbocycles. The van der Waals surface area contributed by atoms with Crippen molar-refractivity contribution in [2.45, 2.75) is 32.0 Å². The third-order valence-corrected chi connectivity index (χ3v) is 4.43. The van der Waals surface area contributed by atoms with Gasteiger partial charge >= 0.3 is 0 Å². The van der Waals surface area contributed by atoms with Crippen LogP contribution in [-0.2, 0) is 0 Å². The summed E-state index contributed by atoms with van der Waals surface area (Å²) in [6, 6.07) is 28.9. The maximum Gasteiger partial charge on any atom is 0.162 e. The summed E-state index contributed by atoms with van der Waals surface area (Å²) < 4.78 is 12.1. The van der Waals surface area contributed by atoms with Crippen molar-refractivity contribution in [3.63, 3.8) is 0 Å². The first kappa shape index (κ1) is 19.0. The zero-order chi connectivity index (χ0) is 19.1. The summed E-state index contributed by atoms with van der Waals surface area (Å²) in [4.78, 5) is 0. The van der Waals surface area contributed by atoms with Crippen LogP contribution in [0.15, 0.2) is 84.9 Å². The van der Waals surface area contributed by atoms with Crippen LogP contribution in [0.3, 0.4) is 0 Å². The number of ether oxygens (including phenoxy) is 2. The maximum absolute atomic E-state index is 6.55. The molecule has 0 aliphatic heterocycles. The topological polar surface area (TPSA) is 30.5 Å². The molecule has 1 N–H and O–H groups in total. The van der Waals surface area contributed by atoms with E-state index in [2.05, 4.69) is 55.6 Å². The fraction of sp³-hybridized carbons (Fsp3) is 0.250. The van der Waals surface area contributed by atoms with Crippen LogP contribution in [0.25, 0.3) is 0 Å². The van der Waals surface area contributed by atoms with E-state index in [-0.39, 0.29) is 12.1 Å². The SMILES string of the molecule is COc1ccccc1O[C@H](c1ccccc1)[C@H](NC(C)C)c1ccccc1. The first-order valence-corrected chi connectivity index (χ1v) is 9.34. The molecule has 0 amide bonds. The minimum atomic E-state index is -0.202. The predicted molar refractivity (Wildman–Crippen MR) is 110 cm³/mol. The lowest BCUT2D eigenvalue weighted by molar-refractivity contribution is 0.144. The lowest BCUT2D eigenvalue weighted by atomic mass is 9.94. The summed E-state index contributed by atoms with van der Waals surface area (Å²) in [5.41, 5.74) is 2.31. The quantitative estimate of drug-likeness (QED) is 0.570. The fourth-order valence-corrected chi connectivity index (χ4v) is 3.20. The third-order valence-electron chi connectivity index (χ3n) is 4.43. The van der Waals surface area contributed by atoms with E-state index >= 15 is 0 Å². The Labute approximate surface area is 162 Å². The molecule has 140 valence electrons. The van der Waals surface area contributed by atoms with Crippen molar-refractivity contribution in [1.82, 2.24) is 5.32 Å². The molecule has 3 aromatic rings. The monoisotopic (exact) mass is 361 g/mol. The summed E-state index contributed by atoms with van der Waals surface area (Å²) in [6.07, 6.45) is -0.202. The first-order chi connectivity index (χ1) is 13.2. The van der Waals surface area contributed by atoms with Gasteiger partial charge in [-0.15, -0.1) is 0 Å². The lowest BCUT2D eigenvalue weighted by Gasteiger charge is -2.31. The normalized spacial score (nSPS) is 13.2. The molecule has 0 heterocycles. The smallest absolute Gasteiger partial charge is 0.162 e. The van der Waals surface area contributed by atoms with Gasteiger partial charge in [0.2, 0.25) is 0 Å². The molecular weight excluding hydrogens is 334 g/mol. The van der Waals surface area contributed by atoms with Gasteiger partial charge in [-0.3, -0.25) is 0 Å². The Morgan fingerprint density at radius 3 is 1.74 bits per heavy atom. The van der Waals surface area contributed by atoms with Gasteiger partial charge in [-0.1, -0.05) is 86.6 Å². The zero-order valence-corrected chi connectivity index (χ0v) is 16.1. The minimum absolute atomic E-state index is 0.00138. The molecule has 0 spiro atoms. The van der Waals surface area contributed by atoms with Crippen molar-refractivity contribution in [2.75, 3.05) is 7.11 Å². The molecule has 3 heteroatoms. The van der Waals surface area contributed by atoms with Gasteiger partial charge < -0.3 is 14.8 Å². The van der Waals surface area contributed by atoms with Gasteiger partial charge in [0.15, 0.2) is 11.5 Å². The van der Waals surface area contributed by atoms with Crippen molar-refractivity contribution < 1.29 is 9.47 Å². The van der Waals surface area contributed by atoms with Gasteiger partial charge in [0.05, 0.1) is 13.2 Å². The molecule has 0 aliphatic rings. The molecule has 0 bridgehead atoms. The van der Waals surface area contributed by atoms with Crippen molar-refractivity contribution in [2.24, 2.45) is 0 Å². The third kappa shape index (κ3) is 4.89. The van der Waals surface area contributed by atoms with Crippen molar-refractivity contribution in [1.29, 1.82) is 0 Å². The van der Waals surface area contributed by atoms with Crippen LogP contribution in [0.1, 0.15) is 37.1 Å². The van der Waals surface area contributed by atoms with Crippen LogP contribution >= 0.6 is 0 Å². The highest BCUT2D eigenvalue weighted by molar-refractivity contribution is 5.40. The van der Waals surface area contributed by atoms with Crippen LogP contribution in [0.2, 0.25) is 0 Å². The highest BCUT2D eigenvalue weighted by Gasteiger charge is 2.28. The Morgan fingerprint density at radius 1 is 0.667 bits per heavy atom. The van der Waals surface area contributed by atoms with Crippen molar-refractivity contribution >= 4 is 0 Å². The predicted octanol–water partition coefficient (Wildman–Crippen LogP) is 5.55. The number of rotatable bonds is 8. The van der Waals surface area contributed by atoms with E-state index in [0.717, 1.165) is 17.1 Å². The standard InChI is InChI=1S/C24H27NO2/c1-18(2)25-23(19-12-6-4-7-13-19)24(20-14-8-5-9-15-20)27-22-17-11-10-16-21(22)26-3/h4-18,23-25H,1-3H3/t23-,24-/m1/s1. The average Bonchev–Trinajstić information content (AvgIpc) is 2.72. The van der Waals surface area contributed by atoms with Crippen LogP contribution < -0.4 is 14.8 Å². The second kappa shape index (κ2) is 9.24. The largest absolute Gasteiger partial charge is 0.493 e. The van der Waals surface area contributed by atoms with Gasteiger partial charge in [-0.2, -0.15) is 0 Å². The molecule has 0 saturated heterocycles. The van der Waals surface area contributed by atoms with E-state index in [1.165, 1.54) is 5.56 Å². The van der Waals surface area contributed by atoms with Crippen LogP contribution in [0.5, 0.6) is 11.5 Å². The Bertz CT molecular complexity index is 818.